The van der Waals surface area contributed by atoms with Crippen LogP contribution in [0.3, 0.4) is 0 Å². The standard InChI is InChI=1S/C30H34ClF2N3O4/c1-18-6-7-22(12-26(18)32)40-17-21(37)15-35-10-8-19(9-11-35)34-30(39)24-16-36(20-4-2-3-5-20)28-14-25(31)27(33)13-23(28)29(24)38/h6-7,12-14,16,19-21,37H,2-5,8-11,15,17H2,1H3,(H,34,39). The Kier molecular flexibility index (Phi) is 8.73. The number of nitrogens with one attached hydrogen (secondary N) is 1. The molecule has 214 valence electrons. The van der Waals surface area contributed by atoms with Gasteiger partial charge >= 0.3 is 0 Å². The van der Waals surface area contributed by atoms with Crippen molar-refractivity contribution in [1.29, 1.82) is 0 Å². The van der Waals surface area contributed by atoms with Crippen LogP contribution in [0.5, 0.6) is 5.75 Å². The molecule has 0 bridgehead atoms. The summed E-state index contributed by atoms with van der Waals surface area (Å²) >= 11 is 6.04. The van der Waals surface area contributed by atoms with E-state index in [-0.39, 0.29) is 40.5 Å². The Labute approximate surface area is 236 Å². The number of aliphatic hydroxyl groups excluding tert-OH is 1. The molecular formula is C30H34ClF2N3O4. The zero-order valence-electron chi connectivity index (χ0n) is 22.5. The van der Waals surface area contributed by atoms with Gasteiger partial charge in [0, 0.05) is 49.4 Å². The monoisotopic (exact) mass is 573 g/mol. The number of amides is 1. The molecule has 2 aromatic carbocycles. The Morgan fingerprint density at radius 2 is 1.85 bits per heavy atom. The minimum absolute atomic E-state index is 0.00339. The number of aliphatic hydroxyl groups is 1. The van der Waals surface area contributed by atoms with E-state index in [1.54, 1.807) is 25.3 Å². The fourth-order valence-electron chi connectivity index (χ4n) is 5.72. The van der Waals surface area contributed by atoms with Crippen LogP contribution in [0, 0.1) is 18.6 Å². The second kappa shape index (κ2) is 12.2. The maximum Gasteiger partial charge on any atom is 0.256 e. The van der Waals surface area contributed by atoms with Gasteiger partial charge in [-0.15, -0.1) is 0 Å². The fraction of sp³-hybridized carbons (Fsp3) is 0.467. The summed E-state index contributed by atoms with van der Waals surface area (Å²) < 4.78 is 35.5. The summed E-state index contributed by atoms with van der Waals surface area (Å²) in [4.78, 5) is 28.6. The number of halogens is 3. The predicted octanol–water partition coefficient (Wildman–Crippen LogP) is 4.99. The number of piperidine rings is 1. The van der Waals surface area contributed by atoms with Crippen molar-refractivity contribution in [1.82, 2.24) is 14.8 Å². The fourth-order valence-corrected chi connectivity index (χ4v) is 5.88. The largest absolute Gasteiger partial charge is 0.491 e. The SMILES string of the molecule is Cc1ccc(OCC(O)CN2CCC(NC(=O)c3cn(C4CCCC4)c4cc(Cl)c(F)cc4c3=O)CC2)cc1F. The van der Waals surface area contributed by atoms with Gasteiger partial charge in [0.25, 0.3) is 5.91 Å². The van der Waals surface area contributed by atoms with Crippen LogP contribution >= 0.6 is 11.6 Å². The van der Waals surface area contributed by atoms with E-state index in [9.17, 15) is 23.5 Å². The van der Waals surface area contributed by atoms with Crippen molar-refractivity contribution in [2.75, 3.05) is 26.2 Å². The number of hydrogen-bond donors (Lipinski definition) is 2. The minimum Gasteiger partial charge on any atom is -0.491 e. The Morgan fingerprint density at radius 1 is 1.12 bits per heavy atom. The van der Waals surface area contributed by atoms with E-state index in [1.165, 1.54) is 12.1 Å². The predicted molar refractivity (Wildman–Crippen MR) is 150 cm³/mol. The minimum atomic E-state index is -0.754. The van der Waals surface area contributed by atoms with E-state index in [0.717, 1.165) is 31.7 Å². The van der Waals surface area contributed by atoms with Crippen LogP contribution in [0.1, 0.15) is 60.5 Å². The Morgan fingerprint density at radius 3 is 2.55 bits per heavy atom. The lowest BCUT2D eigenvalue weighted by atomic mass is 10.0. The maximum absolute atomic E-state index is 14.3. The molecule has 40 heavy (non-hydrogen) atoms. The van der Waals surface area contributed by atoms with Gasteiger partial charge in [0.1, 0.15) is 35.7 Å². The molecule has 1 saturated carbocycles. The van der Waals surface area contributed by atoms with Crippen LogP contribution in [-0.4, -0.2) is 58.9 Å². The van der Waals surface area contributed by atoms with E-state index in [4.69, 9.17) is 16.3 Å². The summed E-state index contributed by atoms with van der Waals surface area (Å²) in [6, 6.07) is 7.20. The van der Waals surface area contributed by atoms with Gasteiger partial charge in [-0.2, -0.15) is 0 Å². The highest BCUT2D eigenvalue weighted by Gasteiger charge is 2.26. The molecule has 7 nitrogen and oxygen atoms in total. The molecule has 5 rings (SSSR count). The average Bonchev–Trinajstić information content (AvgIpc) is 3.47. The number of aromatic nitrogens is 1. The van der Waals surface area contributed by atoms with Crippen LogP contribution < -0.4 is 15.5 Å². The number of rotatable bonds is 8. The van der Waals surface area contributed by atoms with Gasteiger partial charge < -0.3 is 24.6 Å². The lowest BCUT2D eigenvalue weighted by Crippen LogP contribution is -2.47. The topological polar surface area (TPSA) is 83.8 Å². The number of fused-ring (bicyclic) bond motifs is 1. The van der Waals surface area contributed by atoms with Crippen LogP contribution in [0.25, 0.3) is 10.9 Å². The van der Waals surface area contributed by atoms with Gasteiger partial charge in [-0.05, 0) is 56.4 Å². The third-order valence-electron chi connectivity index (χ3n) is 8.01. The van der Waals surface area contributed by atoms with E-state index in [0.29, 0.717) is 49.3 Å². The first-order chi connectivity index (χ1) is 19.2. The maximum atomic E-state index is 14.3. The smallest absolute Gasteiger partial charge is 0.256 e. The van der Waals surface area contributed by atoms with Crippen molar-refractivity contribution in [3.63, 3.8) is 0 Å². The molecule has 2 N–H and O–H groups in total. The molecule has 1 aliphatic heterocycles. The number of hydrogen-bond acceptors (Lipinski definition) is 5. The molecule has 2 aliphatic rings. The van der Waals surface area contributed by atoms with Crippen molar-refractivity contribution in [2.45, 2.75) is 63.6 Å². The quantitative estimate of drug-likeness (QED) is 0.397. The van der Waals surface area contributed by atoms with Gasteiger partial charge in [0.05, 0.1) is 10.5 Å². The van der Waals surface area contributed by atoms with Crippen molar-refractivity contribution in [2.24, 2.45) is 0 Å². The molecule has 0 spiro atoms. The third-order valence-corrected chi connectivity index (χ3v) is 8.30. The molecule has 1 aliphatic carbocycles. The highest BCUT2D eigenvalue weighted by molar-refractivity contribution is 6.31. The van der Waals surface area contributed by atoms with Crippen LogP contribution in [0.2, 0.25) is 5.02 Å². The van der Waals surface area contributed by atoms with Crippen molar-refractivity contribution in [3.05, 3.63) is 74.5 Å². The molecule has 0 radical (unpaired) electrons. The lowest BCUT2D eigenvalue weighted by Gasteiger charge is -2.33. The number of aryl methyl sites for hydroxylation is 1. The van der Waals surface area contributed by atoms with E-state index < -0.39 is 23.3 Å². The number of pyridine rings is 1. The summed E-state index contributed by atoms with van der Waals surface area (Å²) in [6.07, 6.45) is 6.11. The second-order valence-electron chi connectivity index (χ2n) is 10.9. The number of β-amino-alcohol motifs (C(OH)–C–C–N with tert-alkyl or cyclic N) is 1. The van der Waals surface area contributed by atoms with Crippen molar-refractivity contribution in [3.8, 4) is 5.75 Å². The van der Waals surface area contributed by atoms with Crippen molar-refractivity contribution < 1.29 is 23.4 Å². The van der Waals surface area contributed by atoms with Crippen LogP contribution in [0.4, 0.5) is 8.78 Å². The summed E-state index contributed by atoms with van der Waals surface area (Å²) in [6.45, 7) is 3.40. The highest BCUT2D eigenvalue weighted by atomic mass is 35.5. The van der Waals surface area contributed by atoms with Crippen LogP contribution in [-0.2, 0) is 0 Å². The summed E-state index contributed by atoms with van der Waals surface area (Å²) in [5.41, 5.74) is 0.569. The Bertz CT molecular complexity index is 1450. The zero-order valence-corrected chi connectivity index (χ0v) is 23.2. The second-order valence-corrected chi connectivity index (χ2v) is 11.3. The zero-order chi connectivity index (χ0) is 28.4. The molecule has 1 aromatic heterocycles. The first-order valence-corrected chi connectivity index (χ1v) is 14.2. The molecular weight excluding hydrogens is 540 g/mol. The number of carbonyl (C=O) groups excluding carboxylic acids is 1. The molecule has 1 atom stereocenters. The van der Waals surface area contributed by atoms with Crippen LogP contribution in [0.15, 0.2) is 41.3 Å². The molecule has 1 unspecified atom stereocenters. The number of nitrogens with zero attached hydrogens (tertiary/aromatic N) is 2. The molecule has 2 fully saturated rings. The summed E-state index contributed by atoms with van der Waals surface area (Å²) in [5.74, 6) is -1.14. The van der Waals surface area contributed by atoms with Gasteiger partial charge in [-0.3, -0.25) is 9.59 Å². The Balaban J connectivity index is 1.20. The molecule has 1 saturated heterocycles. The molecule has 10 heteroatoms. The van der Waals surface area contributed by atoms with E-state index >= 15 is 0 Å². The highest BCUT2D eigenvalue weighted by Crippen LogP contribution is 2.33. The summed E-state index contributed by atoms with van der Waals surface area (Å²) in [5, 5.41) is 13.5. The van der Waals surface area contributed by atoms with E-state index in [2.05, 4.69) is 10.2 Å². The molecule has 3 aromatic rings. The third kappa shape index (κ3) is 6.32. The number of likely N-dealkylation sites (tertiary alicyclic amines) is 1. The molecule has 2 heterocycles. The van der Waals surface area contributed by atoms with Gasteiger partial charge in [0.2, 0.25) is 5.43 Å². The normalized spacial score (nSPS) is 17.8. The first-order valence-electron chi connectivity index (χ1n) is 13.8. The Hall–Kier alpha value is -3.01. The number of ether oxygens (including phenoxy) is 1. The average molecular weight is 574 g/mol. The number of carbonyl (C=O) groups is 1. The number of benzene rings is 2. The first kappa shape index (κ1) is 28.5. The summed E-state index contributed by atoms with van der Waals surface area (Å²) in [7, 11) is 0. The lowest BCUT2D eigenvalue weighted by molar-refractivity contribution is 0.0567. The van der Waals surface area contributed by atoms with Gasteiger partial charge in [-0.25, -0.2) is 8.78 Å². The van der Waals surface area contributed by atoms with Gasteiger partial charge in [0.15, 0.2) is 0 Å². The van der Waals surface area contributed by atoms with Crippen molar-refractivity contribution >= 4 is 28.4 Å². The molecule has 1 amide bonds. The van der Waals surface area contributed by atoms with Gasteiger partial charge in [-0.1, -0.05) is 30.5 Å². The van der Waals surface area contributed by atoms with E-state index in [1.807, 2.05) is 4.57 Å².